The fourth-order valence-corrected chi connectivity index (χ4v) is 6.35. The Morgan fingerprint density at radius 1 is 1.06 bits per heavy atom. The number of fused-ring (bicyclic) bond motifs is 3. The van der Waals surface area contributed by atoms with Gasteiger partial charge in [-0.15, -0.1) is 11.3 Å². The van der Waals surface area contributed by atoms with Crippen molar-refractivity contribution in [3.05, 3.63) is 75.2 Å². The van der Waals surface area contributed by atoms with Gasteiger partial charge in [0.1, 0.15) is 11.2 Å². The highest BCUT2D eigenvalue weighted by Gasteiger charge is 2.36. The average Bonchev–Trinajstić information content (AvgIpc) is 3.22. The van der Waals surface area contributed by atoms with E-state index in [-0.39, 0.29) is 11.3 Å². The van der Waals surface area contributed by atoms with E-state index >= 15 is 0 Å². The van der Waals surface area contributed by atoms with E-state index in [9.17, 15) is 9.59 Å². The molecule has 2 atom stereocenters. The number of rotatable bonds is 4. The highest BCUT2D eigenvalue weighted by Crippen LogP contribution is 2.46. The number of thiophene rings is 1. The second-order valence-corrected chi connectivity index (χ2v) is 11.8. The minimum Gasteiger partial charge on any atom is -0.493 e. The van der Waals surface area contributed by atoms with Gasteiger partial charge in [-0.1, -0.05) is 44.5 Å². The van der Waals surface area contributed by atoms with E-state index in [0.717, 1.165) is 41.0 Å². The molecular formula is C29H32N2O4S. The fraction of sp³-hybridized carbons (Fsp3) is 0.379. The van der Waals surface area contributed by atoms with Gasteiger partial charge in [0.25, 0.3) is 5.91 Å². The Kier molecular flexibility index (Phi) is 6.29. The van der Waals surface area contributed by atoms with Crippen LogP contribution in [0.25, 0.3) is 0 Å². The van der Waals surface area contributed by atoms with Crippen molar-refractivity contribution in [2.75, 3.05) is 12.4 Å². The van der Waals surface area contributed by atoms with Crippen LogP contribution in [0.5, 0.6) is 11.5 Å². The van der Waals surface area contributed by atoms with E-state index < -0.39 is 12.1 Å². The summed E-state index contributed by atoms with van der Waals surface area (Å²) in [5.41, 5.74) is 4.61. The second-order valence-electron chi connectivity index (χ2n) is 10.7. The lowest BCUT2D eigenvalue weighted by Crippen LogP contribution is -2.38. The lowest BCUT2D eigenvalue weighted by atomic mass is 9.72. The number of amides is 1. The molecule has 2 unspecified atom stereocenters. The Morgan fingerprint density at radius 2 is 1.81 bits per heavy atom. The minimum absolute atomic E-state index is 0.0469. The number of carbonyl (C=O) groups excluding carboxylic acids is 2. The van der Waals surface area contributed by atoms with Gasteiger partial charge in [0, 0.05) is 4.88 Å². The van der Waals surface area contributed by atoms with Crippen LogP contribution in [0, 0.1) is 18.3 Å². The second kappa shape index (κ2) is 9.28. The van der Waals surface area contributed by atoms with Gasteiger partial charge in [-0.25, -0.2) is 4.79 Å². The van der Waals surface area contributed by atoms with Crippen LogP contribution in [0.1, 0.15) is 75.6 Å². The first kappa shape index (κ1) is 24.4. The van der Waals surface area contributed by atoms with Crippen LogP contribution >= 0.6 is 11.3 Å². The summed E-state index contributed by atoms with van der Waals surface area (Å²) >= 11 is 1.71. The number of hydrogen-bond acceptors (Lipinski definition) is 6. The number of esters is 1. The minimum atomic E-state index is -0.451. The summed E-state index contributed by atoms with van der Waals surface area (Å²) < 4.78 is 11.1. The molecule has 0 fully saturated rings. The number of benzene rings is 2. The third-order valence-electron chi connectivity index (χ3n) is 7.28. The van der Waals surface area contributed by atoms with Gasteiger partial charge in [0.05, 0.1) is 18.2 Å². The van der Waals surface area contributed by atoms with Crippen molar-refractivity contribution in [2.24, 2.45) is 11.3 Å². The molecule has 0 bridgehead atoms. The maximum atomic E-state index is 13.2. The molecule has 2 heterocycles. The Labute approximate surface area is 216 Å². The molecule has 0 saturated heterocycles. The van der Waals surface area contributed by atoms with Crippen LogP contribution in [-0.4, -0.2) is 19.0 Å². The number of carbonyl (C=O) groups is 2. The molecule has 36 heavy (non-hydrogen) atoms. The highest BCUT2D eigenvalue weighted by atomic mass is 32.1. The monoisotopic (exact) mass is 504 g/mol. The fourth-order valence-electron chi connectivity index (χ4n) is 5.00. The number of methoxy groups -OCH3 is 1. The molecule has 5 rings (SSSR count). The Bertz CT molecular complexity index is 1320. The molecule has 7 heteroatoms. The molecule has 1 aliphatic carbocycles. The molecule has 1 aliphatic heterocycles. The molecule has 0 radical (unpaired) electrons. The predicted octanol–water partition coefficient (Wildman–Crippen LogP) is 6.29. The van der Waals surface area contributed by atoms with Gasteiger partial charge in [-0.05, 0) is 72.9 Å². The smallest absolute Gasteiger partial charge is 0.343 e. The zero-order valence-corrected chi connectivity index (χ0v) is 22.2. The number of ether oxygens (including phenoxy) is 2. The number of hydrogen-bond donors (Lipinski definition) is 2. The topological polar surface area (TPSA) is 76.7 Å². The van der Waals surface area contributed by atoms with Crippen molar-refractivity contribution in [3.8, 4) is 11.5 Å². The van der Waals surface area contributed by atoms with Gasteiger partial charge in [0.2, 0.25) is 0 Å². The Morgan fingerprint density at radius 3 is 2.50 bits per heavy atom. The first-order valence-electron chi connectivity index (χ1n) is 12.3. The lowest BCUT2D eigenvalue weighted by Gasteiger charge is -2.34. The van der Waals surface area contributed by atoms with Crippen LogP contribution in [0.4, 0.5) is 5.00 Å². The largest absolute Gasteiger partial charge is 0.493 e. The summed E-state index contributed by atoms with van der Waals surface area (Å²) in [6.45, 7) is 8.86. The van der Waals surface area contributed by atoms with E-state index in [1.807, 2.05) is 25.1 Å². The van der Waals surface area contributed by atoms with Crippen molar-refractivity contribution in [1.29, 1.82) is 0 Å². The van der Waals surface area contributed by atoms with E-state index in [0.29, 0.717) is 23.0 Å². The van der Waals surface area contributed by atoms with E-state index in [1.54, 1.807) is 35.6 Å². The Hall–Kier alpha value is -3.32. The summed E-state index contributed by atoms with van der Waals surface area (Å²) in [6.07, 6.45) is 2.67. The summed E-state index contributed by atoms with van der Waals surface area (Å²) in [7, 11) is 1.53. The number of nitrogens with one attached hydrogen (secondary N) is 2. The SMILES string of the molecule is COc1cc(C2NC(=O)c3c(sc4c3CCC(C(C)(C)C)C4)N2)ccc1OC(=O)c1ccc(C)cc1. The third kappa shape index (κ3) is 4.60. The van der Waals surface area contributed by atoms with E-state index in [2.05, 4.69) is 31.4 Å². The van der Waals surface area contributed by atoms with Gasteiger partial charge < -0.3 is 20.1 Å². The summed E-state index contributed by atoms with van der Waals surface area (Å²) in [5, 5.41) is 7.55. The maximum absolute atomic E-state index is 13.2. The quantitative estimate of drug-likeness (QED) is 0.323. The predicted molar refractivity (Wildman–Crippen MR) is 142 cm³/mol. The van der Waals surface area contributed by atoms with Gasteiger partial charge in [-0.2, -0.15) is 0 Å². The van der Waals surface area contributed by atoms with Gasteiger partial charge in [0.15, 0.2) is 11.5 Å². The summed E-state index contributed by atoms with van der Waals surface area (Å²) in [4.78, 5) is 27.1. The van der Waals surface area contributed by atoms with Crippen LogP contribution in [0.2, 0.25) is 0 Å². The zero-order chi connectivity index (χ0) is 25.6. The first-order chi connectivity index (χ1) is 17.1. The molecule has 2 aromatic carbocycles. The molecule has 1 amide bonds. The molecule has 1 aromatic heterocycles. The van der Waals surface area contributed by atoms with Crippen LogP contribution in [-0.2, 0) is 12.8 Å². The molecule has 0 saturated carbocycles. The van der Waals surface area contributed by atoms with Crippen molar-refractivity contribution >= 4 is 28.2 Å². The molecule has 3 aromatic rings. The van der Waals surface area contributed by atoms with Crippen molar-refractivity contribution < 1.29 is 19.1 Å². The molecule has 2 N–H and O–H groups in total. The number of aryl methyl sites for hydroxylation is 1. The molecular weight excluding hydrogens is 472 g/mol. The summed E-state index contributed by atoms with van der Waals surface area (Å²) in [6, 6.07) is 12.6. The molecule has 0 spiro atoms. The first-order valence-corrected chi connectivity index (χ1v) is 13.1. The van der Waals surface area contributed by atoms with Crippen molar-refractivity contribution in [1.82, 2.24) is 5.32 Å². The van der Waals surface area contributed by atoms with Crippen LogP contribution in [0.3, 0.4) is 0 Å². The van der Waals surface area contributed by atoms with E-state index in [1.165, 1.54) is 17.6 Å². The Balaban J connectivity index is 1.36. The maximum Gasteiger partial charge on any atom is 0.343 e. The van der Waals surface area contributed by atoms with Gasteiger partial charge in [-0.3, -0.25) is 4.79 Å². The van der Waals surface area contributed by atoms with Crippen molar-refractivity contribution in [2.45, 2.75) is 53.1 Å². The zero-order valence-electron chi connectivity index (χ0n) is 21.4. The average molecular weight is 505 g/mol. The molecule has 188 valence electrons. The molecule has 2 aliphatic rings. The van der Waals surface area contributed by atoms with Gasteiger partial charge >= 0.3 is 5.97 Å². The number of anilines is 1. The van der Waals surface area contributed by atoms with Crippen LogP contribution in [0.15, 0.2) is 42.5 Å². The lowest BCUT2D eigenvalue weighted by molar-refractivity contribution is 0.0729. The van der Waals surface area contributed by atoms with E-state index in [4.69, 9.17) is 9.47 Å². The van der Waals surface area contributed by atoms with Crippen molar-refractivity contribution in [3.63, 3.8) is 0 Å². The highest BCUT2D eigenvalue weighted by molar-refractivity contribution is 7.16. The van der Waals surface area contributed by atoms with Crippen LogP contribution < -0.4 is 20.1 Å². The standard InChI is InChI=1S/C29H32N2O4S/c1-16-6-8-17(9-7-16)28(33)35-21-13-10-18(14-22(21)34-5)25-30-26(32)24-20-12-11-19(29(2,3)4)15-23(20)36-27(24)31-25/h6-10,13-14,19,25,31H,11-12,15H2,1-5H3,(H,30,32). The normalized spacial score (nSPS) is 19.0. The molecule has 6 nitrogen and oxygen atoms in total. The summed E-state index contributed by atoms with van der Waals surface area (Å²) in [5.74, 6) is 0.868. The third-order valence-corrected chi connectivity index (χ3v) is 8.46.